The molecule has 0 aliphatic heterocycles. The van der Waals surface area contributed by atoms with Crippen molar-refractivity contribution in [1.29, 1.82) is 0 Å². The summed E-state index contributed by atoms with van der Waals surface area (Å²) in [5.41, 5.74) is 0.724. The molecular weight excluding hydrogens is 294 g/mol. The Bertz CT molecular complexity index is 601. The molecule has 0 aliphatic rings. The Morgan fingerprint density at radius 1 is 1.09 bits per heavy atom. The van der Waals surface area contributed by atoms with Crippen molar-refractivity contribution in [2.75, 3.05) is 11.9 Å². The summed E-state index contributed by atoms with van der Waals surface area (Å²) in [5.74, 6) is 0.710. The summed E-state index contributed by atoms with van der Waals surface area (Å²) < 4.78 is 5.55. The van der Waals surface area contributed by atoms with E-state index in [1.54, 1.807) is 11.8 Å². The van der Waals surface area contributed by atoms with Gasteiger partial charge in [0.25, 0.3) is 0 Å². The monoisotopic (exact) mass is 315 g/mol. The quantitative estimate of drug-likeness (QED) is 0.759. The van der Waals surface area contributed by atoms with Gasteiger partial charge in [0.2, 0.25) is 5.91 Å². The lowest BCUT2D eigenvalue weighted by molar-refractivity contribution is -0.115. The number of anilines is 1. The third kappa shape index (κ3) is 4.53. The minimum Gasteiger partial charge on any atom is -0.492 e. The van der Waals surface area contributed by atoms with Gasteiger partial charge in [-0.2, -0.15) is 0 Å². The number of hydrogen-bond acceptors (Lipinski definition) is 3. The van der Waals surface area contributed by atoms with Crippen molar-refractivity contribution >= 4 is 23.4 Å². The Morgan fingerprint density at radius 2 is 1.77 bits per heavy atom. The zero-order valence-electron chi connectivity index (χ0n) is 12.9. The van der Waals surface area contributed by atoms with E-state index >= 15 is 0 Å². The van der Waals surface area contributed by atoms with Crippen LogP contribution in [-0.2, 0) is 4.79 Å². The lowest BCUT2D eigenvalue weighted by Crippen LogP contribution is -2.24. The first kappa shape index (κ1) is 16.4. The lowest BCUT2D eigenvalue weighted by atomic mass is 10.2. The zero-order chi connectivity index (χ0) is 15.8. The number of carbonyl (C=O) groups excluding carboxylic acids is 1. The Kier molecular flexibility index (Phi) is 6.34. The molecule has 2 rings (SSSR count). The van der Waals surface area contributed by atoms with Gasteiger partial charge in [-0.3, -0.25) is 4.79 Å². The van der Waals surface area contributed by atoms with E-state index in [2.05, 4.69) is 5.32 Å². The van der Waals surface area contributed by atoms with Crippen LogP contribution >= 0.6 is 11.8 Å². The molecule has 1 amide bonds. The van der Waals surface area contributed by atoms with Crippen LogP contribution in [-0.4, -0.2) is 17.8 Å². The highest BCUT2D eigenvalue weighted by molar-refractivity contribution is 8.00. The van der Waals surface area contributed by atoms with Gasteiger partial charge in [0.05, 0.1) is 17.5 Å². The number of thioether (sulfide) groups is 1. The van der Waals surface area contributed by atoms with Gasteiger partial charge in [0.15, 0.2) is 0 Å². The second kappa shape index (κ2) is 8.49. The molecule has 0 saturated heterocycles. The number of para-hydroxylation sites is 2. The summed E-state index contributed by atoms with van der Waals surface area (Å²) >= 11 is 1.58. The molecule has 0 bridgehead atoms. The molecule has 1 N–H and O–H groups in total. The number of rotatable bonds is 7. The molecule has 0 saturated carbocycles. The molecule has 0 aliphatic carbocycles. The van der Waals surface area contributed by atoms with Crippen LogP contribution in [0.15, 0.2) is 59.5 Å². The minimum absolute atomic E-state index is 0.00325. The maximum atomic E-state index is 12.5. The second-order valence-electron chi connectivity index (χ2n) is 4.75. The molecule has 2 aromatic rings. The zero-order valence-corrected chi connectivity index (χ0v) is 13.7. The molecule has 0 heterocycles. The molecule has 0 spiro atoms. The summed E-state index contributed by atoms with van der Waals surface area (Å²) in [6.07, 6.45) is 0.766. The van der Waals surface area contributed by atoms with Crippen LogP contribution in [0.2, 0.25) is 0 Å². The Labute approximate surface area is 136 Å². The number of ether oxygens (including phenoxy) is 1. The van der Waals surface area contributed by atoms with Crippen LogP contribution in [0.25, 0.3) is 0 Å². The van der Waals surface area contributed by atoms with Gasteiger partial charge in [0.1, 0.15) is 5.75 Å². The smallest absolute Gasteiger partial charge is 0.237 e. The summed E-state index contributed by atoms with van der Waals surface area (Å²) in [6.45, 7) is 4.52. The average Bonchev–Trinajstić information content (AvgIpc) is 2.55. The van der Waals surface area contributed by atoms with Crippen LogP contribution in [0.5, 0.6) is 5.75 Å². The predicted octanol–water partition coefficient (Wildman–Crippen LogP) is 4.59. The van der Waals surface area contributed by atoms with Gasteiger partial charge < -0.3 is 10.1 Å². The molecule has 1 atom stereocenters. The molecule has 0 fully saturated rings. The first-order chi connectivity index (χ1) is 10.7. The summed E-state index contributed by atoms with van der Waals surface area (Å²) in [7, 11) is 0. The number of carbonyl (C=O) groups is 1. The van der Waals surface area contributed by atoms with Crippen LogP contribution in [0.4, 0.5) is 5.69 Å². The van der Waals surface area contributed by atoms with E-state index in [0.717, 1.165) is 17.0 Å². The van der Waals surface area contributed by atoms with Crippen molar-refractivity contribution in [3.8, 4) is 5.75 Å². The number of benzene rings is 2. The third-order valence-electron chi connectivity index (χ3n) is 3.13. The summed E-state index contributed by atoms with van der Waals surface area (Å²) in [4.78, 5) is 13.6. The maximum absolute atomic E-state index is 12.5. The van der Waals surface area contributed by atoms with Gasteiger partial charge in [-0.05, 0) is 37.6 Å². The number of amides is 1. The molecule has 116 valence electrons. The fourth-order valence-corrected chi connectivity index (χ4v) is 3.03. The molecule has 2 aromatic carbocycles. The van der Waals surface area contributed by atoms with E-state index in [4.69, 9.17) is 4.74 Å². The maximum Gasteiger partial charge on any atom is 0.237 e. The fraction of sp³-hybridized carbons (Fsp3) is 0.278. The van der Waals surface area contributed by atoms with Gasteiger partial charge >= 0.3 is 0 Å². The lowest BCUT2D eigenvalue weighted by Gasteiger charge is -2.16. The number of nitrogens with one attached hydrogen (secondary N) is 1. The molecule has 22 heavy (non-hydrogen) atoms. The molecule has 0 aromatic heterocycles. The highest BCUT2D eigenvalue weighted by Gasteiger charge is 2.19. The Balaban J connectivity index is 2.06. The first-order valence-corrected chi connectivity index (χ1v) is 8.37. The van der Waals surface area contributed by atoms with Crippen LogP contribution in [0, 0.1) is 0 Å². The standard InChI is InChI=1S/C18H21NO2S/c1-3-17(22-14-10-6-5-7-11-14)18(20)19-15-12-8-9-13-16(15)21-4-2/h5-13,17H,3-4H2,1-2H3,(H,19,20). The van der Waals surface area contributed by atoms with Crippen molar-refractivity contribution in [2.45, 2.75) is 30.4 Å². The highest BCUT2D eigenvalue weighted by Crippen LogP contribution is 2.28. The topological polar surface area (TPSA) is 38.3 Å². The van der Waals surface area contributed by atoms with E-state index in [0.29, 0.717) is 12.4 Å². The second-order valence-corrected chi connectivity index (χ2v) is 6.02. The van der Waals surface area contributed by atoms with Crippen molar-refractivity contribution in [3.63, 3.8) is 0 Å². The van der Waals surface area contributed by atoms with E-state index in [-0.39, 0.29) is 11.2 Å². The first-order valence-electron chi connectivity index (χ1n) is 7.49. The number of hydrogen-bond donors (Lipinski definition) is 1. The molecule has 1 unspecified atom stereocenters. The van der Waals surface area contributed by atoms with Crippen molar-refractivity contribution in [1.82, 2.24) is 0 Å². The van der Waals surface area contributed by atoms with Crippen molar-refractivity contribution in [2.24, 2.45) is 0 Å². The highest BCUT2D eigenvalue weighted by atomic mass is 32.2. The van der Waals surface area contributed by atoms with E-state index in [1.165, 1.54) is 0 Å². The van der Waals surface area contributed by atoms with Crippen molar-refractivity contribution < 1.29 is 9.53 Å². The molecule has 4 heteroatoms. The van der Waals surface area contributed by atoms with Crippen LogP contribution in [0.3, 0.4) is 0 Å². The largest absolute Gasteiger partial charge is 0.492 e. The van der Waals surface area contributed by atoms with Crippen molar-refractivity contribution in [3.05, 3.63) is 54.6 Å². The molecule has 0 radical (unpaired) electrons. The van der Waals surface area contributed by atoms with Gasteiger partial charge in [-0.1, -0.05) is 37.3 Å². The predicted molar refractivity (Wildman–Crippen MR) is 92.6 cm³/mol. The molecule has 3 nitrogen and oxygen atoms in total. The fourth-order valence-electron chi connectivity index (χ4n) is 2.05. The average molecular weight is 315 g/mol. The van der Waals surface area contributed by atoms with Crippen LogP contribution < -0.4 is 10.1 Å². The normalized spacial score (nSPS) is 11.7. The van der Waals surface area contributed by atoms with Gasteiger partial charge in [-0.15, -0.1) is 11.8 Å². The van der Waals surface area contributed by atoms with Gasteiger partial charge in [0, 0.05) is 4.90 Å². The summed E-state index contributed by atoms with van der Waals surface area (Å²) in [6, 6.07) is 17.5. The minimum atomic E-state index is -0.128. The Morgan fingerprint density at radius 3 is 2.45 bits per heavy atom. The van der Waals surface area contributed by atoms with Gasteiger partial charge in [-0.25, -0.2) is 0 Å². The van der Waals surface area contributed by atoms with E-state index < -0.39 is 0 Å². The summed E-state index contributed by atoms with van der Waals surface area (Å²) in [5, 5.41) is 2.85. The van der Waals surface area contributed by atoms with Crippen LogP contribution in [0.1, 0.15) is 20.3 Å². The SMILES string of the molecule is CCOc1ccccc1NC(=O)C(CC)Sc1ccccc1. The molecular formula is C18H21NO2S. The van der Waals surface area contributed by atoms with E-state index in [9.17, 15) is 4.79 Å². The third-order valence-corrected chi connectivity index (χ3v) is 4.51. The Hall–Kier alpha value is -1.94. The van der Waals surface area contributed by atoms with E-state index in [1.807, 2.05) is 68.4 Å².